The molecule has 0 spiro atoms. The number of aromatic nitrogens is 2. The van der Waals surface area contributed by atoms with Crippen molar-refractivity contribution in [2.24, 2.45) is 18.9 Å². The summed E-state index contributed by atoms with van der Waals surface area (Å²) in [5.41, 5.74) is 2.25. The van der Waals surface area contributed by atoms with Gasteiger partial charge in [0.2, 0.25) is 5.88 Å². The summed E-state index contributed by atoms with van der Waals surface area (Å²) in [6, 6.07) is 0. The van der Waals surface area contributed by atoms with Gasteiger partial charge < -0.3 is 10.1 Å². The Balaban J connectivity index is 1.76. The summed E-state index contributed by atoms with van der Waals surface area (Å²) >= 11 is 0. The number of hydrogen-bond donors (Lipinski definition) is 1. The zero-order valence-electron chi connectivity index (χ0n) is 13.4. The van der Waals surface area contributed by atoms with Gasteiger partial charge in [-0.3, -0.25) is 0 Å². The highest BCUT2D eigenvalue weighted by Crippen LogP contribution is 2.30. The van der Waals surface area contributed by atoms with E-state index in [0.717, 1.165) is 36.5 Å². The lowest BCUT2D eigenvalue weighted by molar-refractivity contribution is 0.267. The molecule has 0 aromatic carbocycles. The van der Waals surface area contributed by atoms with Crippen molar-refractivity contribution in [3.8, 4) is 5.88 Å². The van der Waals surface area contributed by atoms with E-state index in [1.54, 1.807) is 7.11 Å². The molecule has 2 rings (SSSR count). The van der Waals surface area contributed by atoms with Gasteiger partial charge in [0.05, 0.1) is 18.4 Å². The van der Waals surface area contributed by atoms with Gasteiger partial charge in [-0.05, 0) is 38.1 Å². The molecule has 0 saturated heterocycles. The van der Waals surface area contributed by atoms with Crippen molar-refractivity contribution < 1.29 is 4.74 Å². The van der Waals surface area contributed by atoms with Crippen LogP contribution in [0, 0.1) is 18.8 Å². The lowest BCUT2D eigenvalue weighted by Gasteiger charge is -2.26. The lowest BCUT2D eigenvalue weighted by Crippen LogP contribution is -2.21. The van der Waals surface area contributed by atoms with Crippen LogP contribution in [0.15, 0.2) is 0 Å². The molecule has 20 heavy (non-hydrogen) atoms. The maximum Gasteiger partial charge on any atom is 0.216 e. The first-order chi connectivity index (χ1) is 9.61. The van der Waals surface area contributed by atoms with Crippen LogP contribution in [-0.2, 0) is 13.6 Å². The summed E-state index contributed by atoms with van der Waals surface area (Å²) in [5.74, 6) is 2.72. The molecule has 1 fully saturated rings. The number of methoxy groups -OCH3 is 1. The standard InChI is InChI=1S/C16H29N3O/c1-12-6-5-7-14(10-12)8-9-17-11-15-13(2)18-19(3)16(15)20-4/h12,14,17H,5-11H2,1-4H3. The minimum absolute atomic E-state index is 0.852. The minimum Gasteiger partial charge on any atom is -0.481 e. The van der Waals surface area contributed by atoms with E-state index < -0.39 is 0 Å². The van der Waals surface area contributed by atoms with Crippen molar-refractivity contribution in [2.75, 3.05) is 13.7 Å². The molecule has 1 heterocycles. The maximum atomic E-state index is 5.42. The van der Waals surface area contributed by atoms with Crippen molar-refractivity contribution in [2.45, 2.75) is 52.5 Å². The van der Waals surface area contributed by atoms with Crippen LogP contribution in [0.5, 0.6) is 5.88 Å². The van der Waals surface area contributed by atoms with Gasteiger partial charge >= 0.3 is 0 Å². The number of rotatable bonds is 6. The van der Waals surface area contributed by atoms with Crippen LogP contribution >= 0.6 is 0 Å². The van der Waals surface area contributed by atoms with Gasteiger partial charge in [0.1, 0.15) is 0 Å². The third-order valence-electron chi connectivity index (χ3n) is 4.56. The SMILES string of the molecule is COc1c(CNCCC2CCCC(C)C2)c(C)nn1C. The fraction of sp³-hybridized carbons (Fsp3) is 0.812. The Kier molecular flexibility index (Phi) is 5.46. The van der Waals surface area contributed by atoms with Crippen LogP contribution in [0.1, 0.15) is 50.3 Å². The van der Waals surface area contributed by atoms with Gasteiger partial charge in [0.15, 0.2) is 0 Å². The Labute approximate surface area is 122 Å². The summed E-state index contributed by atoms with van der Waals surface area (Å²) < 4.78 is 7.23. The number of aryl methyl sites for hydroxylation is 2. The molecule has 4 nitrogen and oxygen atoms in total. The zero-order valence-corrected chi connectivity index (χ0v) is 13.4. The van der Waals surface area contributed by atoms with Gasteiger partial charge in [-0.25, -0.2) is 4.68 Å². The smallest absolute Gasteiger partial charge is 0.216 e. The highest BCUT2D eigenvalue weighted by Gasteiger charge is 2.18. The predicted molar refractivity (Wildman–Crippen MR) is 81.9 cm³/mol. The number of nitrogens with one attached hydrogen (secondary N) is 1. The molecular weight excluding hydrogens is 250 g/mol. The summed E-state index contributed by atoms with van der Waals surface area (Å²) in [7, 11) is 3.64. The molecule has 2 atom stereocenters. The summed E-state index contributed by atoms with van der Waals surface area (Å²) in [5, 5.41) is 7.97. The van der Waals surface area contributed by atoms with E-state index in [1.165, 1.54) is 37.7 Å². The fourth-order valence-electron chi connectivity index (χ4n) is 3.48. The predicted octanol–water partition coefficient (Wildman–Crippen LogP) is 3.04. The molecule has 0 bridgehead atoms. The first kappa shape index (κ1) is 15.4. The van der Waals surface area contributed by atoms with Crippen molar-refractivity contribution in [1.82, 2.24) is 15.1 Å². The van der Waals surface area contributed by atoms with Crippen LogP contribution in [0.4, 0.5) is 0 Å². The molecule has 2 unspecified atom stereocenters. The monoisotopic (exact) mass is 279 g/mol. The average molecular weight is 279 g/mol. The number of hydrogen-bond acceptors (Lipinski definition) is 3. The quantitative estimate of drug-likeness (QED) is 0.814. The van der Waals surface area contributed by atoms with E-state index >= 15 is 0 Å². The molecule has 1 aliphatic carbocycles. The van der Waals surface area contributed by atoms with Crippen LogP contribution in [-0.4, -0.2) is 23.4 Å². The third-order valence-corrected chi connectivity index (χ3v) is 4.56. The third kappa shape index (κ3) is 3.75. The normalized spacial score (nSPS) is 23.0. The second kappa shape index (κ2) is 7.11. The fourth-order valence-corrected chi connectivity index (χ4v) is 3.48. The second-order valence-electron chi connectivity index (χ2n) is 6.30. The van der Waals surface area contributed by atoms with E-state index in [4.69, 9.17) is 4.74 Å². The van der Waals surface area contributed by atoms with Gasteiger partial charge in [-0.1, -0.05) is 26.2 Å². The molecule has 4 heteroatoms. The maximum absolute atomic E-state index is 5.42. The van der Waals surface area contributed by atoms with Crippen LogP contribution in [0.3, 0.4) is 0 Å². The van der Waals surface area contributed by atoms with E-state index in [-0.39, 0.29) is 0 Å². The molecule has 0 amide bonds. The Morgan fingerprint density at radius 1 is 1.40 bits per heavy atom. The van der Waals surface area contributed by atoms with Gasteiger partial charge in [0.25, 0.3) is 0 Å². The number of nitrogens with zero attached hydrogens (tertiary/aromatic N) is 2. The highest BCUT2D eigenvalue weighted by atomic mass is 16.5. The molecule has 0 radical (unpaired) electrons. The minimum atomic E-state index is 0.852. The summed E-state index contributed by atoms with van der Waals surface area (Å²) in [6.07, 6.45) is 6.97. The van der Waals surface area contributed by atoms with Crippen LogP contribution in [0.25, 0.3) is 0 Å². The van der Waals surface area contributed by atoms with Crippen molar-refractivity contribution in [3.63, 3.8) is 0 Å². The molecule has 1 N–H and O–H groups in total. The molecule has 1 aromatic heterocycles. The van der Waals surface area contributed by atoms with Crippen molar-refractivity contribution in [3.05, 3.63) is 11.3 Å². The first-order valence-electron chi connectivity index (χ1n) is 7.89. The molecule has 114 valence electrons. The largest absolute Gasteiger partial charge is 0.481 e. The van der Waals surface area contributed by atoms with Crippen LogP contribution in [0.2, 0.25) is 0 Å². The Bertz CT molecular complexity index is 428. The zero-order chi connectivity index (χ0) is 14.5. The van der Waals surface area contributed by atoms with E-state index in [9.17, 15) is 0 Å². The van der Waals surface area contributed by atoms with Gasteiger partial charge in [0, 0.05) is 13.6 Å². The van der Waals surface area contributed by atoms with E-state index in [0.29, 0.717) is 0 Å². The first-order valence-corrected chi connectivity index (χ1v) is 7.89. The second-order valence-corrected chi connectivity index (χ2v) is 6.30. The molecule has 1 aromatic rings. The van der Waals surface area contributed by atoms with E-state index in [1.807, 2.05) is 18.7 Å². The van der Waals surface area contributed by atoms with Crippen LogP contribution < -0.4 is 10.1 Å². The molecule has 1 saturated carbocycles. The van der Waals surface area contributed by atoms with Crippen molar-refractivity contribution >= 4 is 0 Å². The Morgan fingerprint density at radius 3 is 2.90 bits per heavy atom. The number of ether oxygens (including phenoxy) is 1. The molecular formula is C16H29N3O. The Hall–Kier alpha value is -1.03. The lowest BCUT2D eigenvalue weighted by atomic mass is 9.81. The van der Waals surface area contributed by atoms with E-state index in [2.05, 4.69) is 17.3 Å². The topological polar surface area (TPSA) is 39.1 Å². The van der Waals surface area contributed by atoms with Gasteiger partial charge in [-0.2, -0.15) is 5.10 Å². The highest BCUT2D eigenvalue weighted by molar-refractivity contribution is 5.30. The van der Waals surface area contributed by atoms with Gasteiger partial charge in [-0.15, -0.1) is 0 Å². The summed E-state index contributed by atoms with van der Waals surface area (Å²) in [4.78, 5) is 0. The molecule has 0 aliphatic heterocycles. The molecule has 1 aliphatic rings. The average Bonchev–Trinajstić information content (AvgIpc) is 2.68. The van der Waals surface area contributed by atoms with Crippen molar-refractivity contribution in [1.29, 1.82) is 0 Å². The Morgan fingerprint density at radius 2 is 2.20 bits per heavy atom. The summed E-state index contributed by atoms with van der Waals surface area (Å²) in [6.45, 7) is 6.38.